The van der Waals surface area contributed by atoms with Crippen LogP contribution in [-0.2, 0) is 22.4 Å². The Balaban J connectivity index is 1.30. The van der Waals surface area contributed by atoms with Crippen molar-refractivity contribution in [1.29, 1.82) is 0 Å². The third kappa shape index (κ3) is 10.0. The van der Waals surface area contributed by atoms with Crippen molar-refractivity contribution in [3.8, 4) is 11.3 Å². The van der Waals surface area contributed by atoms with Gasteiger partial charge >= 0.3 is 5.97 Å². The summed E-state index contributed by atoms with van der Waals surface area (Å²) < 4.78 is 30.2. The van der Waals surface area contributed by atoms with Gasteiger partial charge in [0, 0.05) is 37.0 Å². The molecule has 0 saturated carbocycles. The van der Waals surface area contributed by atoms with Crippen molar-refractivity contribution in [2.24, 2.45) is 0 Å². The van der Waals surface area contributed by atoms with E-state index in [0.717, 1.165) is 55.7 Å². The Labute approximate surface area is 239 Å². The Morgan fingerprint density at radius 3 is 2.76 bits per heavy atom. The van der Waals surface area contributed by atoms with Gasteiger partial charge in [-0.2, -0.15) is 0 Å². The molecule has 0 unspecified atom stereocenters. The number of alkyl halides is 2. The van der Waals surface area contributed by atoms with Crippen molar-refractivity contribution in [3.63, 3.8) is 0 Å². The summed E-state index contributed by atoms with van der Waals surface area (Å²) in [5, 5.41) is 16.3. The molecule has 3 N–H and O–H groups in total. The topological polar surface area (TPSA) is 112 Å². The zero-order valence-corrected chi connectivity index (χ0v) is 23.1. The van der Waals surface area contributed by atoms with Crippen LogP contribution < -0.4 is 10.6 Å². The first-order chi connectivity index (χ1) is 20.0. The quantitative estimate of drug-likeness (QED) is 0.199. The summed E-state index contributed by atoms with van der Waals surface area (Å²) in [5.74, 6) is 0.411. The number of fused-ring (bicyclic) bond motifs is 1. The molecule has 0 bridgehead atoms. The minimum atomic E-state index is -2.52. The van der Waals surface area contributed by atoms with Gasteiger partial charge < -0.3 is 25.4 Å². The van der Waals surface area contributed by atoms with Crippen molar-refractivity contribution < 1.29 is 23.4 Å². The highest BCUT2D eigenvalue weighted by Gasteiger charge is 2.20. The number of hydrogen-bond donors (Lipinski definition) is 3. The van der Waals surface area contributed by atoms with Crippen molar-refractivity contribution in [2.75, 3.05) is 50.0 Å². The van der Waals surface area contributed by atoms with Gasteiger partial charge in [0.15, 0.2) is 0 Å². The fourth-order valence-corrected chi connectivity index (χ4v) is 4.80. The molecule has 41 heavy (non-hydrogen) atoms. The molecule has 1 aliphatic heterocycles. The highest BCUT2D eigenvalue weighted by Crippen LogP contribution is 2.21. The Hall–Kier alpha value is -3.70. The molecule has 3 heterocycles. The maximum Gasteiger partial charge on any atom is 0.326 e. The van der Waals surface area contributed by atoms with E-state index in [0.29, 0.717) is 37.6 Å². The van der Waals surface area contributed by atoms with E-state index >= 15 is 0 Å². The number of hydrogen-bond acceptors (Lipinski definition) is 8. The predicted octanol–water partition coefficient (Wildman–Crippen LogP) is 4.76. The number of benzene rings is 1. The Bertz CT molecular complexity index is 1230. The van der Waals surface area contributed by atoms with Crippen LogP contribution in [0, 0.1) is 0 Å². The number of nitrogens with zero attached hydrogens (tertiary/aromatic N) is 4. The van der Waals surface area contributed by atoms with E-state index in [-0.39, 0.29) is 6.61 Å². The fraction of sp³-hybridized carbons (Fsp3) is 0.467. The molecule has 0 aliphatic carbocycles. The van der Waals surface area contributed by atoms with Crippen LogP contribution in [0.15, 0.2) is 54.9 Å². The Kier molecular flexibility index (Phi) is 11.8. The third-order valence-electron chi connectivity index (χ3n) is 7.00. The summed E-state index contributed by atoms with van der Waals surface area (Å²) in [5.41, 5.74) is 3.89. The largest absolute Gasteiger partial charge is 0.480 e. The van der Waals surface area contributed by atoms with Crippen LogP contribution in [0.2, 0.25) is 0 Å². The third-order valence-corrected chi connectivity index (χ3v) is 7.00. The number of nitrogens with one attached hydrogen (secondary N) is 2. The number of ether oxygens (including phenoxy) is 1. The molecule has 0 radical (unpaired) electrons. The number of aliphatic carboxylic acids is 1. The molecule has 1 atom stereocenters. The summed E-state index contributed by atoms with van der Waals surface area (Å²) in [6, 6.07) is 14.7. The van der Waals surface area contributed by atoms with Gasteiger partial charge in [-0.05, 0) is 56.7 Å². The second-order valence-electron chi connectivity index (χ2n) is 10.1. The van der Waals surface area contributed by atoms with Crippen LogP contribution in [-0.4, -0.2) is 82.8 Å². The smallest absolute Gasteiger partial charge is 0.326 e. The van der Waals surface area contributed by atoms with Crippen LogP contribution in [0.25, 0.3) is 11.3 Å². The van der Waals surface area contributed by atoms with Crippen molar-refractivity contribution in [2.45, 2.75) is 51.0 Å². The molecule has 0 saturated heterocycles. The minimum Gasteiger partial charge on any atom is -0.480 e. The van der Waals surface area contributed by atoms with Gasteiger partial charge in [-0.1, -0.05) is 36.4 Å². The Morgan fingerprint density at radius 2 is 1.95 bits per heavy atom. The minimum absolute atomic E-state index is 0.153. The lowest BCUT2D eigenvalue weighted by Crippen LogP contribution is -2.37. The molecule has 11 heteroatoms. The van der Waals surface area contributed by atoms with E-state index < -0.39 is 25.0 Å². The molecule has 220 valence electrons. The van der Waals surface area contributed by atoms with E-state index in [9.17, 15) is 18.7 Å². The molecule has 0 amide bonds. The number of carboxylic acids is 1. The van der Waals surface area contributed by atoms with Gasteiger partial charge in [0.2, 0.25) is 0 Å². The zero-order valence-electron chi connectivity index (χ0n) is 23.1. The van der Waals surface area contributed by atoms with E-state index in [1.54, 1.807) is 6.07 Å². The van der Waals surface area contributed by atoms with E-state index in [1.165, 1.54) is 11.9 Å². The van der Waals surface area contributed by atoms with Gasteiger partial charge in [0.1, 0.15) is 30.6 Å². The lowest BCUT2D eigenvalue weighted by molar-refractivity contribution is -0.138. The van der Waals surface area contributed by atoms with Crippen molar-refractivity contribution >= 4 is 17.6 Å². The lowest BCUT2D eigenvalue weighted by Gasteiger charge is -2.24. The second kappa shape index (κ2) is 15.9. The predicted molar refractivity (Wildman–Crippen MR) is 154 cm³/mol. The first kappa shape index (κ1) is 30.3. The number of pyridine rings is 1. The number of carboxylic acid groups (broad SMARTS) is 1. The lowest BCUT2D eigenvalue weighted by atomic mass is 10.1. The highest BCUT2D eigenvalue weighted by atomic mass is 19.3. The first-order valence-electron chi connectivity index (χ1n) is 14.2. The number of rotatable bonds is 17. The summed E-state index contributed by atoms with van der Waals surface area (Å²) in [6.07, 6.45) is 3.96. The standard InChI is InChI=1S/C30H38F2N6O3/c31-27(32)20-41-18-17-38(15-5-4-10-24-12-11-23-9-6-14-33-29(23)36-24)16-13-25(30(39)40)37-28-19-26(34-21-35-28)22-7-2-1-3-8-22/h1-3,7-8,11-12,19,21,25,27H,4-6,9-10,13-18,20H2,(H,33,36)(H,39,40)(H,34,35,37)/t25-/m0/s1. The number of anilines is 2. The maximum absolute atomic E-state index is 12.5. The monoisotopic (exact) mass is 568 g/mol. The van der Waals surface area contributed by atoms with Crippen molar-refractivity contribution in [1.82, 2.24) is 19.9 Å². The van der Waals surface area contributed by atoms with Crippen LogP contribution in [0.3, 0.4) is 0 Å². The van der Waals surface area contributed by atoms with Crippen LogP contribution in [0.5, 0.6) is 0 Å². The van der Waals surface area contributed by atoms with Gasteiger partial charge in [0.25, 0.3) is 6.43 Å². The van der Waals surface area contributed by atoms with E-state index in [4.69, 9.17) is 9.72 Å². The highest BCUT2D eigenvalue weighted by molar-refractivity contribution is 5.77. The van der Waals surface area contributed by atoms with Gasteiger partial charge in [-0.3, -0.25) is 0 Å². The molecule has 2 aromatic heterocycles. The summed E-state index contributed by atoms with van der Waals surface area (Å²) in [4.78, 5) is 27.4. The second-order valence-corrected chi connectivity index (χ2v) is 10.1. The van der Waals surface area contributed by atoms with E-state index in [1.807, 2.05) is 30.3 Å². The number of aromatic nitrogens is 3. The average Bonchev–Trinajstić information content (AvgIpc) is 2.99. The average molecular weight is 569 g/mol. The van der Waals surface area contributed by atoms with Crippen molar-refractivity contribution in [3.05, 3.63) is 66.1 Å². The molecule has 1 aliphatic rings. The number of carbonyl (C=O) groups is 1. The number of halogens is 2. The molecule has 3 aromatic rings. The number of unbranched alkanes of at least 4 members (excludes halogenated alkanes) is 1. The zero-order chi connectivity index (χ0) is 28.9. The van der Waals surface area contributed by atoms with E-state index in [2.05, 4.69) is 37.6 Å². The molecular formula is C30H38F2N6O3. The molecule has 0 fully saturated rings. The van der Waals surface area contributed by atoms with Gasteiger partial charge in [-0.15, -0.1) is 0 Å². The van der Waals surface area contributed by atoms with Crippen LogP contribution in [0.4, 0.5) is 20.4 Å². The van der Waals surface area contributed by atoms with Gasteiger partial charge in [-0.25, -0.2) is 28.5 Å². The summed E-state index contributed by atoms with van der Waals surface area (Å²) >= 11 is 0. The maximum atomic E-state index is 12.5. The SMILES string of the molecule is O=C(O)[C@H](CCN(CCCCc1ccc2c(n1)NCCC2)CCOCC(F)F)Nc1cc(-c2ccccc2)ncn1. The Morgan fingerprint density at radius 1 is 1.10 bits per heavy atom. The molecule has 4 rings (SSSR count). The normalized spacial score (nSPS) is 13.6. The summed E-state index contributed by atoms with van der Waals surface area (Å²) in [7, 11) is 0. The summed E-state index contributed by atoms with van der Waals surface area (Å²) in [6.45, 7) is 2.08. The van der Waals surface area contributed by atoms with Crippen LogP contribution >= 0.6 is 0 Å². The molecule has 1 aromatic carbocycles. The molecular weight excluding hydrogens is 530 g/mol. The fourth-order valence-electron chi connectivity index (χ4n) is 4.80. The molecule has 0 spiro atoms. The van der Waals surface area contributed by atoms with Crippen LogP contribution in [0.1, 0.15) is 36.9 Å². The van der Waals surface area contributed by atoms with Gasteiger partial charge in [0.05, 0.1) is 12.3 Å². The molecule has 9 nitrogen and oxygen atoms in total. The first-order valence-corrected chi connectivity index (χ1v) is 14.2. The number of aryl methyl sites for hydroxylation is 2.